The molecule has 11 heteroatoms. The van der Waals surface area contributed by atoms with Crippen molar-refractivity contribution >= 4 is 23.4 Å². The first-order valence-electron chi connectivity index (χ1n) is 8.99. The maximum atomic E-state index is 14.0. The molecule has 0 bridgehead atoms. The number of ether oxygens (including phenoxy) is 1. The Balaban J connectivity index is 1.67. The Labute approximate surface area is 173 Å². The van der Waals surface area contributed by atoms with Crippen molar-refractivity contribution in [2.45, 2.75) is 25.2 Å². The summed E-state index contributed by atoms with van der Waals surface area (Å²) in [5, 5.41) is 12.0. The van der Waals surface area contributed by atoms with Crippen LogP contribution in [0.3, 0.4) is 0 Å². The highest BCUT2D eigenvalue weighted by Crippen LogP contribution is 2.36. The molecule has 30 heavy (non-hydrogen) atoms. The monoisotopic (exact) mass is 439 g/mol. The van der Waals surface area contributed by atoms with Crippen LogP contribution in [-0.2, 0) is 11.3 Å². The van der Waals surface area contributed by atoms with Crippen LogP contribution in [0.1, 0.15) is 38.9 Å². The quantitative estimate of drug-likeness (QED) is 0.710. The molecule has 2 N–H and O–H groups in total. The van der Waals surface area contributed by atoms with Gasteiger partial charge >= 0.3 is 0 Å². The highest BCUT2D eigenvalue weighted by atomic mass is 35.5. The molecular weight excluding hydrogens is 424 g/mol. The van der Waals surface area contributed by atoms with Crippen molar-refractivity contribution < 1.29 is 28.2 Å². The molecule has 1 saturated heterocycles. The summed E-state index contributed by atoms with van der Waals surface area (Å²) in [6, 6.07) is 1.69. The zero-order valence-electron chi connectivity index (χ0n) is 15.6. The Hall–Kier alpha value is -2.98. The molecule has 8 nitrogen and oxygen atoms in total. The van der Waals surface area contributed by atoms with E-state index in [1.54, 1.807) is 0 Å². The summed E-state index contributed by atoms with van der Waals surface area (Å²) in [4.78, 5) is 39.0. The fraction of sp³-hybridized carbons (Fsp3) is 0.316. The van der Waals surface area contributed by atoms with Gasteiger partial charge in [-0.3, -0.25) is 14.4 Å². The number of aromatic hydroxyl groups is 1. The topological polar surface area (TPSA) is 101 Å². The van der Waals surface area contributed by atoms with Gasteiger partial charge in [0.1, 0.15) is 22.2 Å². The Morgan fingerprint density at radius 2 is 2.10 bits per heavy atom. The summed E-state index contributed by atoms with van der Waals surface area (Å²) < 4.78 is 34.2. The van der Waals surface area contributed by atoms with Gasteiger partial charge < -0.3 is 24.6 Å². The van der Waals surface area contributed by atoms with E-state index in [0.717, 1.165) is 12.1 Å². The summed E-state index contributed by atoms with van der Waals surface area (Å²) in [6.45, 7) is -0.00509. The lowest BCUT2D eigenvalue weighted by Gasteiger charge is -2.36. The molecular formula is C19H16ClF2N3O5. The molecule has 3 heterocycles. The molecule has 2 aliphatic heterocycles. The molecule has 1 aromatic heterocycles. The molecule has 2 aliphatic rings. The van der Waals surface area contributed by atoms with E-state index in [1.165, 1.54) is 22.7 Å². The van der Waals surface area contributed by atoms with Crippen LogP contribution in [-0.4, -0.2) is 46.3 Å². The molecule has 2 unspecified atom stereocenters. The van der Waals surface area contributed by atoms with Crippen molar-refractivity contribution in [3.63, 3.8) is 0 Å². The number of rotatable bonds is 3. The first kappa shape index (κ1) is 20.3. The fourth-order valence-corrected chi connectivity index (χ4v) is 3.90. The van der Waals surface area contributed by atoms with Crippen molar-refractivity contribution in [3.8, 4) is 5.75 Å². The fourth-order valence-electron chi connectivity index (χ4n) is 3.72. The normalized spacial score (nSPS) is 20.1. The molecule has 0 radical (unpaired) electrons. The van der Waals surface area contributed by atoms with E-state index in [0.29, 0.717) is 13.0 Å². The summed E-state index contributed by atoms with van der Waals surface area (Å²) in [7, 11) is 1.50. The highest BCUT2D eigenvalue weighted by Gasteiger charge is 2.43. The number of nitrogens with zero attached hydrogens (tertiary/aromatic N) is 2. The summed E-state index contributed by atoms with van der Waals surface area (Å²) in [5.41, 5.74) is -1.76. The summed E-state index contributed by atoms with van der Waals surface area (Å²) in [6.07, 6.45) is 1.12. The van der Waals surface area contributed by atoms with Gasteiger partial charge in [0, 0.05) is 25.4 Å². The van der Waals surface area contributed by atoms with E-state index in [9.17, 15) is 28.3 Å². The van der Waals surface area contributed by atoms with Gasteiger partial charge in [0.05, 0.1) is 12.6 Å². The van der Waals surface area contributed by atoms with E-state index >= 15 is 0 Å². The Bertz CT molecular complexity index is 1140. The molecule has 1 fully saturated rings. The molecule has 0 spiro atoms. The van der Waals surface area contributed by atoms with Crippen LogP contribution in [0.15, 0.2) is 23.1 Å². The highest BCUT2D eigenvalue weighted by molar-refractivity contribution is 6.30. The van der Waals surface area contributed by atoms with Crippen molar-refractivity contribution in [2.75, 3.05) is 13.7 Å². The zero-order valence-corrected chi connectivity index (χ0v) is 16.4. The number of likely N-dealkylation sites (N-methyl/N-ethyl adjacent to an activating group) is 1. The number of benzene rings is 1. The molecule has 1 aromatic carbocycles. The molecule has 2 amide bonds. The van der Waals surface area contributed by atoms with Crippen LogP contribution in [0.4, 0.5) is 8.78 Å². The third-order valence-corrected chi connectivity index (χ3v) is 5.65. The van der Waals surface area contributed by atoms with Crippen LogP contribution in [0.2, 0.25) is 5.02 Å². The van der Waals surface area contributed by atoms with Gasteiger partial charge in [0.25, 0.3) is 11.8 Å². The first-order valence-corrected chi connectivity index (χ1v) is 9.37. The number of hydrogen-bond acceptors (Lipinski definition) is 5. The third-order valence-electron chi connectivity index (χ3n) is 5.30. The largest absolute Gasteiger partial charge is 0.503 e. The standard InChI is InChI=1S/C19H16ClF2N3O5/c1-24-18(29)14-16(27)15(26)9(7-25(14)11-4-5-30-19(11)24)17(28)23-6-8-2-3-10(21)12(20)13(8)22/h2-3,7,11,19,27H,4-6H2,1H3,(H,23,28). The van der Waals surface area contributed by atoms with E-state index in [-0.39, 0.29) is 23.8 Å². The number of carbonyl (C=O) groups excluding carboxylic acids is 2. The smallest absolute Gasteiger partial charge is 0.276 e. The molecule has 158 valence electrons. The predicted molar refractivity (Wildman–Crippen MR) is 100 cm³/mol. The number of nitrogens with one attached hydrogen (secondary N) is 1. The second kappa shape index (κ2) is 7.37. The minimum absolute atomic E-state index is 0.0851. The second-order valence-electron chi connectivity index (χ2n) is 7.03. The Morgan fingerprint density at radius 3 is 2.83 bits per heavy atom. The number of halogens is 3. The maximum absolute atomic E-state index is 14.0. The Kier molecular flexibility index (Phi) is 4.99. The predicted octanol–water partition coefficient (Wildman–Crippen LogP) is 1.79. The van der Waals surface area contributed by atoms with Crippen LogP contribution >= 0.6 is 11.6 Å². The molecule has 0 aliphatic carbocycles. The van der Waals surface area contributed by atoms with E-state index in [2.05, 4.69) is 5.32 Å². The number of pyridine rings is 1. The summed E-state index contributed by atoms with van der Waals surface area (Å²) >= 11 is 5.52. The van der Waals surface area contributed by atoms with Gasteiger partial charge in [-0.05, 0) is 12.5 Å². The lowest BCUT2D eigenvalue weighted by molar-refractivity contribution is -0.0238. The van der Waals surface area contributed by atoms with E-state index < -0.39 is 51.4 Å². The first-order chi connectivity index (χ1) is 14.2. The van der Waals surface area contributed by atoms with Crippen molar-refractivity contribution in [3.05, 3.63) is 62.0 Å². The van der Waals surface area contributed by atoms with Crippen molar-refractivity contribution in [2.24, 2.45) is 0 Å². The molecule has 2 atom stereocenters. The number of aromatic nitrogens is 1. The van der Waals surface area contributed by atoms with Gasteiger partial charge in [-0.25, -0.2) is 8.78 Å². The number of fused-ring (bicyclic) bond motifs is 3. The average Bonchev–Trinajstić information content (AvgIpc) is 3.21. The number of carbonyl (C=O) groups is 2. The van der Waals surface area contributed by atoms with Crippen molar-refractivity contribution in [1.29, 1.82) is 0 Å². The van der Waals surface area contributed by atoms with Crippen LogP contribution < -0.4 is 10.7 Å². The zero-order chi connectivity index (χ0) is 21.7. The van der Waals surface area contributed by atoms with Gasteiger partial charge in [-0.2, -0.15) is 0 Å². The van der Waals surface area contributed by atoms with Crippen LogP contribution in [0.5, 0.6) is 5.75 Å². The maximum Gasteiger partial charge on any atom is 0.276 e. The van der Waals surface area contributed by atoms with Gasteiger partial charge in [0.15, 0.2) is 17.7 Å². The minimum atomic E-state index is -1.03. The molecule has 2 aromatic rings. The summed E-state index contributed by atoms with van der Waals surface area (Å²) in [5.74, 6) is -4.32. The van der Waals surface area contributed by atoms with Gasteiger partial charge in [0.2, 0.25) is 5.43 Å². The average molecular weight is 440 g/mol. The number of hydrogen-bond donors (Lipinski definition) is 2. The Morgan fingerprint density at radius 1 is 1.37 bits per heavy atom. The lowest BCUT2D eigenvalue weighted by atomic mass is 10.1. The minimum Gasteiger partial charge on any atom is -0.503 e. The van der Waals surface area contributed by atoms with Crippen LogP contribution in [0, 0.1) is 11.6 Å². The van der Waals surface area contributed by atoms with Crippen LogP contribution in [0.25, 0.3) is 0 Å². The second-order valence-corrected chi connectivity index (χ2v) is 7.40. The van der Waals surface area contributed by atoms with Gasteiger partial charge in [-0.15, -0.1) is 0 Å². The van der Waals surface area contributed by atoms with E-state index in [4.69, 9.17) is 16.3 Å². The van der Waals surface area contributed by atoms with E-state index in [1.807, 2.05) is 0 Å². The lowest BCUT2D eigenvalue weighted by Crippen LogP contribution is -2.48. The van der Waals surface area contributed by atoms with Gasteiger partial charge in [-0.1, -0.05) is 17.7 Å². The number of amides is 2. The molecule has 0 saturated carbocycles. The SMILES string of the molecule is CN1C(=O)c2c(O)c(=O)c(C(=O)NCc3ccc(F)c(Cl)c3F)cn2C2CCOC21. The molecule has 4 rings (SSSR count). The third kappa shape index (κ3) is 3.03. The van der Waals surface area contributed by atoms with Crippen molar-refractivity contribution in [1.82, 2.24) is 14.8 Å².